The minimum Gasteiger partial charge on any atom is -0.368 e. The Morgan fingerprint density at radius 3 is 3.27 bits per heavy atom. The molecule has 0 saturated carbocycles. The van der Waals surface area contributed by atoms with Gasteiger partial charge in [-0.1, -0.05) is 0 Å². The maximum atomic E-state index is 11.4. The third-order valence-electron chi connectivity index (χ3n) is 2.60. The van der Waals surface area contributed by atoms with E-state index in [4.69, 9.17) is 10.6 Å². The molecule has 1 saturated heterocycles. The molecule has 1 aromatic rings. The van der Waals surface area contributed by atoms with Crippen LogP contribution < -0.4 is 11.3 Å². The van der Waals surface area contributed by atoms with Crippen LogP contribution in [0.2, 0.25) is 0 Å². The molecule has 0 bridgehead atoms. The lowest BCUT2D eigenvalue weighted by Gasteiger charge is -2.16. The van der Waals surface area contributed by atoms with Crippen molar-refractivity contribution in [3.05, 3.63) is 18.5 Å². The van der Waals surface area contributed by atoms with Crippen molar-refractivity contribution < 1.29 is 9.53 Å². The van der Waals surface area contributed by atoms with E-state index in [0.717, 1.165) is 6.42 Å². The smallest absolute Gasteiger partial charge is 0.263 e. The number of hydrazine groups is 1. The van der Waals surface area contributed by atoms with Gasteiger partial charge in [0.1, 0.15) is 6.10 Å². The van der Waals surface area contributed by atoms with E-state index in [1.165, 1.54) is 0 Å². The van der Waals surface area contributed by atoms with Crippen molar-refractivity contribution in [3.8, 4) is 0 Å². The van der Waals surface area contributed by atoms with E-state index in [-0.39, 0.29) is 11.8 Å². The molecule has 0 spiro atoms. The number of rotatable bonds is 3. The zero-order valence-electron chi connectivity index (χ0n) is 8.30. The van der Waals surface area contributed by atoms with Crippen LogP contribution in [0.15, 0.2) is 18.5 Å². The second-order valence-corrected chi connectivity index (χ2v) is 3.58. The number of nitrogens with one attached hydrogen (secondary N) is 1. The van der Waals surface area contributed by atoms with Gasteiger partial charge in [0.25, 0.3) is 5.91 Å². The molecule has 3 N–H and O–H groups in total. The van der Waals surface area contributed by atoms with Crippen LogP contribution in [0.4, 0.5) is 0 Å². The van der Waals surface area contributed by atoms with Gasteiger partial charge in [0, 0.05) is 31.5 Å². The SMILES string of the molecule is NNC(=O)C1OCCC1Cn1cccn1. The summed E-state index contributed by atoms with van der Waals surface area (Å²) in [6, 6.07) is 1.85. The molecule has 1 amide bonds. The molecule has 2 unspecified atom stereocenters. The standard InChI is InChI=1S/C9H14N4O2/c10-12-9(14)8-7(2-5-15-8)6-13-4-1-3-11-13/h1,3-4,7-8H,2,5-6,10H2,(H,12,14). The maximum absolute atomic E-state index is 11.4. The van der Waals surface area contributed by atoms with Crippen molar-refractivity contribution in [1.29, 1.82) is 0 Å². The van der Waals surface area contributed by atoms with Crippen molar-refractivity contribution in [2.24, 2.45) is 11.8 Å². The quantitative estimate of drug-likeness (QED) is 0.392. The Hall–Kier alpha value is -1.40. The first-order valence-electron chi connectivity index (χ1n) is 4.90. The Labute approximate surface area is 87.4 Å². The predicted molar refractivity (Wildman–Crippen MR) is 52.4 cm³/mol. The van der Waals surface area contributed by atoms with E-state index < -0.39 is 6.10 Å². The van der Waals surface area contributed by atoms with Gasteiger partial charge in [-0.2, -0.15) is 5.10 Å². The number of nitrogens with zero attached hydrogens (tertiary/aromatic N) is 2. The fourth-order valence-electron chi connectivity index (χ4n) is 1.84. The van der Waals surface area contributed by atoms with Crippen LogP contribution in [-0.4, -0.2) is 28.4 Å². The van der Waals surface area contributed by atoms with Crippen LogP contribution in [0.5, 0.6) is 0 Å². The number of nitrogens with two attached hydrogens (primary N) is 1. The molecule has 1 fully saturated rings. The van der Waals surface area contributed by atoms with E-state index in [9.17, 15) is 4.79 Å². The van der Waals surface area contributed by atoms with Gasteiger partial charge in [-0.3, -0.25) is 14.9 Å². The van der Waals surface area contributed by atoms with Crippen molar-refractivity contribution in [3.63, 3.8) is 0 Å². The van der Waals surface area contributed by atoms with Crippen molar-refractivity contribution in [2.45, 2.75) is 19.1 Å². The Balaban J connectivity index is 1.99. The first-order valence-corrected chi connectivity index (χ1v) is 4.90. The zero-order chi connectivity index (χ0) is 10.7. The Kier molecular flexibility index (Phi) is 2.98. The number of carbonyl (C=O) groups excluding carboxylic acids is 1. The summed E-state index contributed by atoms with van der Waals surface area (Å²) in [7, 11) is 0. The summed E-state index contributed by atoms with van der Waals surface area (Å²) in [5, 5.41) is 4.10. The van der Waals surface area contributed by atoms with E-state index in [0.29, 0.717) is 13.2 Å². The summed E-state index contributed by atoms with van der Waals surface area (Å²) in [4.78, 5) is 11.4. The lowest BCUT2D eigenvalue weighted by Crippen LogP contribution is -2.42. The third-order valence-corrected chi connectivity index (χ3v) is 2.60. The van der Waals surface area contributed by atoms with E-state index >= 15 is 0 Å². The summed E-state index contributed by atoms with van der Waals surface area (Å²) in [5.74, 6) is 4.97. The van der Waals surface area contributed by atoms with Gasteiger partial charge in [-0.05, 0) is 12.5 Å². The van der Waals surface area contributed by atoms with Gasteiger partial charge >= 0.3 is 0 Å². The number of aromatic nitrogens is 2. The van der Waals surface area contributed by atoms with Crippen molar-refractivity contribution in [1.82, 2.24) is 15.2 Å². The molecule has 1 aromatic heterocycles. The molecule has 0 radical (unpaired) electrons. The molecule has 2 rings (SSSR count). The van der Waals surface area contributed by atoms with Gasteiger partial charge in [0.2, 0.25) is 0 Å². The van der Waals surface area contributed by atoms with Crippen LogP contribution in [0.1, 0.15) is 6.42 Å². The van der Waals surface area contributed by atoms with Gasteiger partial charge in [-0.15, -0.1) is 0 Å². The van der Waals surface area contributed by atoms with E-state index in [1.807, 2.05) is 12.3 Å². The molecule has 15 heavy (non-hydrogen) atoms. The molecule has 82 valence electrons. The summed E-state index contributed by atoms with van der Waals surface area (Å²) in [6.45, 7) is 1.29. The number of ether oxygens (including phenoxy) is 1. The minimum atomic E-state index is -0.445. The highest BCUT2D eigenvalue weighted by Crippen LogP contribution is 2.22. The lowest BCUT2D eigenvalue weighted by molar-refractivity contribution is -0.132. The maximum Gasteiger partial charge on any atom is 0.263 e. The highest BCUT2D eigenvalue weighted by atomic mass is 16.5. The topological polar surface area (TPSA) is 82.2 Å². The molecule has 6 nitrogen and oxygen atoms in total. The van der Waals surface area contributed by atoms with E-state index in [2.05, 4.69) is 10.5 Å². The Morgan fingerprint density at radius 1 is 1.73 bits per heavy atom. The fourth-order valence-corrected chi connectivity index (χ4v) is 1.84. The summed E-state index contributed by atoms with van der Waals surface area (Å²) in [6.07, 6.45) is 4.00. The van der Waals surface area contributed by atoms with E-state index in [1.54, 1.807) is 10.9 Å². The molecule has 1 aliphatic rings. The van der Waals surface area contributed by atoms with Crippen LogP contribution >= 0.6 is 0 Å². The third kappa shape index (κ3) is 2.16. The summed E-state index contributed by atoms with van der Waals surface area (Å²) < 4.78 is 7.14. The van der Waals surface area contributed by atoms with Gasteiger partial charge in [0.05, 0.1) is 0 Å². The predicted octanol–water partition coefficient (Wildman–Crippen LogP) is -0.722. The molecule has 2 atom stereocenters. The number of hydrogen-bond donors (Lipinski definition) is 2. The molecular weight excluding hydrogens is 196 g/mol. The number of carbonyl (C=O) groups is 1. The van der Waals surface area contributed by atoms with Gasteiger partial charge < -0.3 is 4.74 Å². The normalized spacial score (nSPS) is 25.4. The Morgan fingerprint density at radius 2 is 2.60 bits per heavy atom. The summed E-state index contributed by atoms with van der Waals surface area (Å²) in [5.41, 5.74) is 2.12. The highest BCUT2D eigenvalue weighted by molar-refractivity contribution is 5.80. The fraction of sp³-hybridized carbons (Fsp3) is 0.556. The molecule has 1 aliphatic heterocycles. The first kappa shape index (κ1) is 10.1. The van der Waals surface area contributed by atoms with Crippen LogP contribution in [0.25, 0.3) is 0 Å². The average molecular weight is 210 g/mol. The van der Waals surface area contributed by atoms with Crippen LogP contribution in [0, 0.1) is 5.92 Å². The molecule has 0 aliphatic carbocycles. The second kappa shape index (κ2) is 4.41. The van der Waals surface area contributed by atoms with Gasteiger partial charge in [0.15, 0.2) is 0 Å². The van der Waals surface area contributed by atoms with Crippen LogP contribution in [0.3, 0.4) is 0 Å². The summed E-state index contributed by atoms with van der Waals surface area (Å²) >= 11 is 0. The van der Waals surface area contributed by atoms with Gasteiger partial charge in [-0.25, -0.2) is 5.84 Å². The van der Waals surface area contributed by atoms with Crippen molar-refractivity contribution >= 4 is 5.91 Å². The molecule has 2 heterocycles. The molecule has 6 heteroatoms. The largest absolute Gasteiger partial charge is 0.368 e. The average Bonchev–Trinajstić information content (AvgIpc) is 2.88. The van der Waals surface area contributed by atoms with Crippen LogP contribution in [-0.2, 0) is 16.1 Å². The molecular formula is C9H14N4O2. The first-order chi connectivity index (χ1) is 7.31. The number of hydrogen-bond acceptors (Lipinski definition) is 4. The second-order valence-electron chi connectivity index (χ2n) is 3.58. The zero-order valence-corrected chi connectivity index (χ0v) is 8.30. The number of amides is 1. The lowest BCUT2D eigenvalue weighted by atomic mass is 10.0. The van der Waals surface area contributed by atoms with Crippen molar-refractivity contribution in [2.75, 3.05) is 6.61 Å². The Bertz CT molecular complexity index is 325. The minimum absolute atomic E-state index is 0.147. The monoisotopic (exact) mass is 210 g/mol. The highest BCUT2D eigenvalue weighted by Gasteiger charge is 2.34. The molecule has 0 aromatic carbocycles.